The summed E-state index contributed by atoms with van der Waals surface area (Å²) in [4.78, 5) is 25.5. The lowest BCUT2D eigenvalue weighted by Gasteiger charge is -2.28. The summed E-state index contributed by atoms with van der Waals surface area (Å²) in [5.41, 5.74) is 8.12. The summed E-state index contributed by atoms with van der Waals surface area (Å²) >= 11 is 0. The SMILES string of the molecule is Cc1cc(C)c(-c2cccc3c2[C@H](OC(=O)C(=O)c2ccccc2)C(C)(C)C3)c(C)c1. The highest BCUT2D eigenvalue weighted by Gasteiger charge is 2.44. The van der Waals surface area contributed by atoms with Crippen molar-refractivity contribution in [2.24, 2.45) is 5.41 Å². The van der Waals surface area contributed by atoms with E-state index in [0.717, 1.165) is 17.5 Å². The second-order valence-corrected chi connectivity index (χ2v) is 9.30. The van der Waals surface area contributed by atoms with Crippen molar-refractivity contribution in [3.8, 4) is 11.1 Å². The maximum atomic E-state index is 12.9. The summed E-state index contributed by atoms with van der Waals surface area (Å²) in [6.07, 6.45) is 0.302. The molecule has 3 heteroatoms. The number of fused-ring (bicyclic) bond motifs is 1. The van der Waals surface area contributed by atoms with Gasteiger partial charge in [0.1, 0.15) is 6.10 Å². The smallest absolute Gasteiger partial charge is 0.380 e. The third kappa shape index (κ3) is 3.81. The second kappa shape index (κ2) is 7.81. The topological polar surface area (TPSA) is 43.4 Å². The zero-order valence-electron chi connectivity index (χ0n) is 18.8. The molecule has 0 saturated carbocycles. The molecule has 0 heterocycles. The molecule has 0 aromatic heterocycles. The molecule has 0 radical (unpaired) electrons. The van der Waals surface area contributed by atoms with E-state index < -0.39 is 17.9 Å². The number of carbonyl (C=O) groups excluding carboxylic acids is 2. The molecule has 1 aliphatic carbocycles. The minimum Gasteiger partial charge on any atom is -0.451 e. The Morgan fingerprint density at radius 2 is 1.55 bits per heavy atom. The van der Waals surface area contributed by atoms with Crippen molar-refractivity contribution in [3.05, 3.63) is 94.0 Å². The van der Waals surface area contributed by atoms with E-state index >= 15 is 0 Å². The van der Waals surface area contributed by atoms with Crippen LogP contribution in [0.2, 0.25) is 0 Å². The molecule has 0 saturated heterocycles. The molecule has 1 atom stereocenters. The van der Waals surface area contributed by atoms with Crippen LogP contribution in [0.15, 0.2) is 60.7 Å². The molecular formula is C28H28O3. The lowest BCUT2D eigenvalue weighted by atomic mass is 9.84. The lowest BCUT2D eigenvalue weighted by Crippen LogP contribution is -2.27. The molecule has 4 rings (SSSR count). The quantitative estimate of drug-likeness (QED) is 0.286. The number of hydrogen-bond donors (Lipinski definition) is 0. The number of ether oxygens (including phenoxy) is 1. The molecule has 0 aliphatic heterocycles. The van der Waals surface area contributed by atoms with Gasteiger partial charge < -0.3 is 4.74 Å². The van der Waals surface area contributed by atoms with E-state index in [2.05, 4.69) is 65.0 Å². The first-order chi connectivity index (χ1) is 14.7. The molecule has 0 amide bonds. The van der Waals surface area contributed by atoms with Gasteiger partial charge in [0, 0.05) is 16.5 Å². The Labute approximate surface area is 184 Å². The van der Waals surface area contributed by atoms with Crippen molar-refractivity contribution in [1.29, 1.82) is 0 Å². The van der Waals surface area contributed by atoms with Crippen LogP contribution in [0.3, 0.4) is 0 Å². The van der Waals surface area contributed by atoms with Crippen molar-refractivity contribution < 1.29 is 14.3 Å². The van der Waals surface area contributed by atoms with Gasteiger partial charge in [-0.05, 0) is 55.0 Å². The zero-order chi connectivity index (χ0) is 22.3. The van der Waals surface area contributed by atoms with Gasteiger partial charge >= 0.3 is 5.97 Å². The second-order valence-electron chi connectivity index (χ2n) is 9.30. The van der Waals surface area contributed by atoms with Crippen molar-refractivity contribution in [1.82, 2.24) is 0 Å². The Kier molecular flexibility index (Phi) is 5.30. The summed E-state index contributed by atoms with van der Waals surface area (Å²) < 4.78 is 5.95. The van der Waals surface area contributed by atoms with Crippen LogP contribution in [0, 0.1) is 26.2 Å². The first-order valence-electron chi connectivity index (χ1n) is 10.7. The molecule has 1 aliphatic rings. The molecule has 0 fully saturated rings. The Hall–Kier alpha value is -3.20. The third-order valence-corrected chi connectivity index (χ3v) is 6.21. The van der Waals surface area contributed by atoms with Crippen LogP contribution in [0.4, 0.5) is 0 Å². The van der Waals surface area contributed by atoms with Gasteiger partial charge in [-0.3, -0.25) is 4.79 Å². The third-order valence-electron chi connectivity index (χ3n) is 6.21. The molecule has 0 N–H and O–H groups in total. The fraction of sp³-hybridized carbons (Fsp3) is 0.286. The number of aryl methyl sites for hydroxylation is 3. The van der Waals surface area contributed by atoms with E-state index in [-0.39, 0.29) is 5.41 Å². The van der Waals surface area contributed by atoms with E-state index in [1.54, 1.807) is 24.3 Å². The maximum Gasteiger partial charge on any atom is 0.380 e. The van der Waals surface area contributed by atoms with Gasteiger partial charge in [0.15, 0.2) is 0 Å². The first kappa shape index (κ1) is 21.0. The van der Waals surface area contributed by atoms with Gasteiger partial charge in [-0.15, -0.1) is 0 Å². The maximum absolute atomic E-state index is 12.9. The van der Waals surface area contributed by atoms with Crippen LogP contribution in [0.5, 0.6) is 0 Å². The van der Waals surface area contributed by atoms with Crippen LogP contribution in [0.1, 0.15) is 58.1 Å². The largest absolute Gasteiger partial charge is 0.451 e. The Bertz CT molecular complexity index is 1150. The average molecular weight is 413 g/mol. The van der Waals surface area contributed by atoms with Crippen LogP contribution in [0.25, 0.3) is 11.1 Å². The van der Waals surface area contributed by atoms with E-state index in [1.807, 2.05) is 6.07 Å². The average Bonchev–Trinajstić information content (AvgIpc) is 2.97. The number of benzene rings is 3. The Balaban J connectivity index is 1.78. The highest BCUT2D eigenvalue weighted by molar-refractivity contribution is 6.40. The molecule has 0 spiro atoms. The highest BCUT2D eigenvalue weighted by atomic mass is 16.5. The summed E-state index contributed by atoms with van der Waals surface area (Å²) in [6.45, 7) is 10.5. The van der Waals surface area contributed by atoms with E-state index in [0.29, 0.717) is 5.56 Å². The first-order valence-corrected chi connectivity index (χ1v) is 10.7. The zero-order valence-corrected chi connectivity index (χ0v) is 18.8. The molecule has 158 valence electrons. The highest BCUT2D eigenvalue weighted by Crippen LogP contribution is 2.51. The predicted molar refractivity (Wildman–Crippen MR) is 123 cm³/mol. The molecule has 0 bridgehead atoms. The van der Waals surface area contributed by atoms with E-state index in [9.17, 15) is 9.59 Å². The summed E-state index contributed by atoms with van der Waals surface area (Å²) in [5.74, 6) is -1.41. The predicted octanol–water partition coefficient (Wildman–Crippen LogP) is 6.33. The summed E-state index contributed by atoms with van der Waals surface area (Å²) in [6, 6.07) is 19.2. The van der Waals surface area contributed by atoms with Gasteiger partial charge in [0.25, 0.3) is 5.78 Å². The normalized spacial score (nSPS) is 16.6. The summed E-state index contributed by atoms with van der Waals surface area (Å²) in [5, 5.41) is 0. The standard InChI is InChI=1S/C28H28O3/c1-17-14-18(2)23(19(3)15-17)22-13-9-12-21-16-28(4,5)26(24(21)22)31-27(30)25(29)20-10-7-6-8-11-20/h6-15,26H,16H2,1-5H3/t26-/m0/s1. The minimum absolute atomic E-state index is 0.308. The number of hydrogen-bond acceptors (Lipinski definition) is 3. The van der Waals surface area contributed by atoms with Gasteiger partial charge in [-0.1, -0.05) is 80.1 Å². The van der Waals surface area contributed by atoms with Crippen molar-refractivity contribution in [2.75, 3.05) is 0 Å². The fourth-order valence-electron chi connectivity index (χ4n) is 4.96. The van der Waals surface area contributed by atoms with Crippen molar-refractivity contribution in [2.45, 2.75) is 47.1 Å². The molecule has 3 nitrogen and oxygen atoms in total. The van der Waals surface area contributed by atoms with E-state index in [1.165, 1.54) is 27.8 Å². The summed E-state index contributed by atoms with van der Waals surface area (Å²) in [7, 11) is 0. The number of rotatable bonds is 4. The van der Waals surface area contributed by atoms with E-state index in [4.69, 9.17) is 4.74 Å². The van der Waals surface area contributed by atoms with Crippen LogP contribution < -0.4 is 0 Å². The van der Waals surface area contributed by atoms with Gasteiger partial charge in [-0.2, -0.15) is 0 Å². The van der Waals surface area contributed by atoms with Gasteiger partial charge in [0.05, 0.1) is 0 Å². The van der Waals surface area contributed by atoms with Crippen LogP contribution in [-0.4, -0.2) is 11.8 Å². The molecule has 3 aromatic carbocycles. The fourth-order valence-corrected chi connectivity index (χ4v) is 4.96. The molecular weight excluding hydrogens is 384 g/mol. The number of esters is 1. The van der Waals surface area contributed by atoms with Gasteiger partial charge in [0.2, 0.25) is 0 Å². The van der Waals surface area contributed by atoms with Crippen molar-refractivity contribution >= 4 is 11.8 Å². The van der Waals surface area contributed by atoms with Crippen LogP contribution in [-0.2, 0) is 16.0 Å². The molecule has 0 unspecified atom stereocenters. The minimum atomic E-state index is -0.802. The molecule has 31 heavy (non-hydrogen) atoms. The van der Waals surface area contributed by atoms with Gasteiger partial charge in [-0.25, -0.2) is 4.79 Å². The number of Topliss-reactive ketones (excluding diaryl/α,β-unsaturated/α-hetero) is 1. The Morgan fingerprint density at radius 1 is 0.903 bits per heavy atom. The van der Waals surface area contributed by atoms with Crippen LogP contribution >= 0.6 is 0 Å². The molecule has 3 aromatic rings. The number of carbonyl (C=O) groups is 2. The Morgan fingerprint density at radius 3 is 2.19 bits per heavy atom. The monoisotopic (exact) mass is 412 g/mol. The lowest BCUT2D eigenvalue weighted by molar-refractivity contribution is -0.148. The number of ketones is 1. The van der Waals surface area contributed by atoms with Crippen molar-refractivity contribution in [3.63, 3.8) is 0 Å².